The molecule has 17 heavy (non-hydrogen) atoms. The highest BCUT2D eigenvalue weighted by molar-refractivity contribution is 5.96. The molecule has 2 N–H and O–H groups in total. The van der Waals surface area contributed by atoms with Crippen molar-refractivity contribution in [3.63, 3.8) is 0 Å². The lowest BCUT2D eigenvalue weighted by Crippen LogP contribution is -2.25. The Morgan fingerprint density at radius 2 is 1.94 bits per heavy atom. The van der Waals surface area contributed by atoms with Gasteiger partial charge in [0.1, 0.15) is 0 Å². The van der Waals surface area contributed by atoms with Gasteiger partial charge >= 0.3 is 5.97 Å². The zero-order valence-electron chi connectivity index (χ0n) is 9.89. The average molecular weight is 235 g/mol. The van der Waals surface area contributed by atoms with Gasteiger partial charge in [0.2, 0.25) is 0 Å². The third-order valence-electron chi connectivity index (χ3n) is 2.49. The highest BCUT2D eigenvalue weighted by atomic mass is 16.5. The minimum absolute atomic E-state index is 0.00275. The minimum atomic E-state index is -0.304. The molecule has 4 heteroatoms. The first-order chi connectivity index (χ1) is 8.13. The number of esters is 1. The monoisotopic (exact) mass is 235 g/mol. The number of carbonyl (C=O) groups excluding carboxylic acids is 2. The van der Waals surface area contributed by atoms with Crippen LogP contribution in [0.3, 0.4) is 0 Å². The van der Waals surface area contributed by atoms with Gasteiger partial charge in [-0.3, -0.25) is 9.59 Å². The molecule has 0 heterocycles. The zero-order chi connectivity index (χ0) is 12.7. The largest absolute Gasteiger partial charge is 0.469 e. The van der Waals surface area contributed by atoms with Gasteiger partial charge in [0.15, 0.2) is 5.78 Å². The summed E-state index contributed by atoms with van der Waals surface area (Å²) in [6, 6.07) is 8.70. The molecule has 4 nitrogen and oxygen atoms in total. The second-order valence-corrected chi connectivity index (χ2v) is 3.87. The highest BCUT2D eigenvalue weighted by Gasteiger charge is 2.13. The van der Waals surface area contributed by atoms with Gasteiger partial charge < -0.3 is 10.5 Å². The van der Waals surface area contributed by atoms with Crippen molar-refractivity contribution in [2.24, 2.45) is 5.73 Å². The van der Waals surface area contributed by atoms with Gasteiger partial charge in [-0.05, 0) is 6.42 Å². The second kappa shape index (κ2) is 6.81. The molecule has 0 aliphatic rings. The van der Waals surface area contributed by atoms with E-state index in [0.29, 0.717) is 12.0 Å². The predicted octanol–water partition coefficient (Wildman–Crippen LogP) is 1.54. The number of carbonyl (C=O) groups is 2. The van der Waals surface area contributed by atoms with Crippen molar-refractivity contribution in [2.45, 2.75) is 25.3 Å². The van der Waals surface area contributed by atoms with Crippen molar-refractivity contribution in [2.75, 3.05) is 7.11 Å². The molecular weight excluding hydrogens is 218 g/mol. The van der Waals surface area contributed by atoms with Crippen LogP contribution in [0.2, 0.25) is 0 Å². The normalized spacial score (nSPS) is 11.9. The molecule has 1 aromatic rings. The summed E-state index contributed by atoms with van der Waals surface area (Å²) in [7, 11) is 1.34. The quantitative estimate of drug-likeness (QED) is 0.599. The summed E-state index contributed by atoms with van der Waals surface area (Å²) in [6.07, 6.45) is 0.964. The number of hydrogen-bond acceptors (Lipinski definition) is 4. The van der Waals surface area contributed by atoms with Crippen LogP contribution in [-0.4, -0.2) is 24.9 Å². The van der Waals surface area contributed by atoms with Crippen molar-refractivity contribution in [3.05, 3.63) is 35.9 Å². The fourth-order valence-electron chi connectivity index (χ4n) is 1.49. The van der Waals surface area contributed by atoms with E-state index in [1.54, 1.807) is 12.1 Å². The second-order valence-electron chi connectivity index (χ2n) is 3.87. The number of rotatable bonds is 6. The maximum atomic E-state index is 11.8. The van der Waals surface area contributed by atoms with Crippen molar-refractivity contribution in [1.82, 2.24) is 0 Å². The molecule has 0 radical (unpaired) electrons. The Morgan fingerprint density at radius 3 is 2.53 bits per heavy atom. The van der Waals surface area contributed by atoms with Gasteiger partial charge in [-0.25, -0.2) is 0 Å². The summed E-state index contributed by atoms with van der Waals surface area (Å²) in [4.78, 5) is 22.7. The lowest BCUT2D eigenvalue weighted by molar-refractivity contribution is -0.140. The maximum Gasteiger partial charge on any atom is 0.305 e. The molecule has 1 rings (SSSR count). The molecule has 0 saturated carbocycles. The van der Waals surface area contributed by atoms with Crippen LogP contribution < -0.4 is 5.73 Å². The molecule has 1 aromatic carbocycles. The molecule has 0 spiro atoms. The van der Waals surface area contributed by atoms with E-state index < -0.39 is 0 Å². The van der Waals surface area contributed by atoms with Crippen LogP contribution in [0.1, 0.15) is 29.6 Å². The number of methoxy groups -OCH3 is 1. The number of ether oxygens (including phenoxy) is 1. The first-order valence-electron chi connectivity index (χ1n) is 5.54. The van der Waals surface area contributed by atoms with E-state index in [0.717, 1.165) is 0 Å². The Labute approximate surface area is 101 Å². The molecule has 92 valence electrons. The van der Waals surface area contributed by atoms with Crippen molar-refractivity contribution in [3.8, 4) is 0 Å². The Bertz CT molecular complexity index is 376. The summed E-state index contributed by atoms with van der Waals surface area (Å²) in [5.41, 5.74) is 6.44. The third kappa shape index (κ3) is 4.78. The zero-order valence-corrected chi connectivity index (χ0v) is 9.89. The summed E-state index contributed by atoms with van der Waals surface area (Å²) in [5.74, 6) is -0.296. The first-order valence-corrected chi connectivity index (χ1v) is 5.54. The van der Waals surface area contributed by atoms with Crippen molar-refractivity contribution >= 4 is 11.8 Å². The van der Waals surface area contributed by atoms with Crippen LogP contribution in [0.5, 0.6) is 0 Å². The van der Waals surface area contributed by atoms with Crippen molar-refractivity contribution < 1.29 is 14.3 Å². The molecule has 0 aliphatic heterocycles. The summed E-state index contributed by atoms with van der Waals surface area (Å²) in [5, 5.41) is 0. The smallest absolute Gasteiger partial charge is 0.305 e. The lowest BCUT2D eigenvalue weighted by atomic mass is 10.0. The summed E-state index contributed by atoms with van der Waals surface area (Å²) < 4.78 is 4.51. The highest BCUT2D eigenvalue weighted by Crippen LogP contribution is 2.07. The molecule has 1 atom stereocenters. The van der Waals surface area contributed by atoms with E-state index in [-0.39, 0.29) is 30.6 Å². The van der Waals surface area contributed by atoms with Gasteiger partial charge in [0, 0.05) is 24.4 Å². The fourth-order valence-corrected chi connectivity index (χ4v) is 1.49. The predicted molar refractivity (Wildman–Crippen MR) is 64.6 cm³/mol. The Balaban J connectivity index is 2.39. The Hall–Kier alpha value is -1.68. The fraction of sp³-hybridized carbons (Fsp3) is 0.385. The first kappa shape index (κ1) is 13.4. The van der Waals surface area contributed by atoms with Gasteiger partial charge in [-0.1, -0.05) is 30.3 Å². The molecule has 0 aromatic heterocycles. The average Bonchev–Trinajstić information content (AvgIpc) is 2.36. The van der Waals surface area contributed by atoms with E-state index in [2.05, 4.69) is 4.74 Å². The molecule has 1 unspecified atom stereocenters. The van der Waals surface area contributed by atoms with E-state index in [1.807, 2.05) is 18.2 Å². The maximum absolute atomic E-state index is 11.8. The van der Waals surface area contributed by atoms with Crippen LogP contribution in [0, 0.1) is 0 Å². The lowest BCUT2D eigenvalue weighted by Gasteiger charge is -2.09. The molecule has 0 saturated heterocycles. The van der Waals surface area contributed by atoms with Crippen LogP contribution in [0.15, 0.2) is 30.3 Å². The minimum Gasteiger partial charge on any atom is -0.469 e. The molecular formula is C13H17NO3. The van der Waals surface area contributed by atoms with Crippen LogP contribution >= 0.6 is 0 Å². The number of Topliss-reactive ketones (excluding diaryl/α,β-unsaturated/α-hetero) is 1. The third-order valence-corrected chi connectivity index (χ3v) is 2.49. The van der Waals surface area contributed by atoms with E-state index >= 15 is 0 Å². The van der Waals surface area contributed by atoms with Gasteiger partial charge in [-0.15, -0.1) is 0 Å². The van der Waals surface area contributed by atoms with Gasteiger partial charge in [0.25, 0.3) is 0 Å². The topological polar surface area (TPSA) is 69.4 Å². The number of ketones is 1. The molecule has 0 bridgehead atoms. The Morgan fingerprint density at radius 1 is 1.29 bits per heavy atom. The van der Waals surface area contributed by atoms with Gasteiger partial charge in [0.05, 0.1) is 7.11 Å². The van der Waals surface area contributed by atoms with E-state index in [4.69, 9.17) is 5.73 Å². The molecule has 0 fully saturated rings. The number of benzene rings is 1. The standard InChI is InChI=1S/C13H17NO3/c1-17-13(16)8-7-11(14)9-12(15)10-5-3-2-4-6-10/h2-6,11H,7-9,14H2,1H3. The van der Waals surface area contributed by atoms with Crippen LogP contribution in [0.4, 0.5) is 0 Å². The number of nitrogens with two attached hydrogens (primary N) is 1. The summed E-state index contributed by atoms with van der Waals surface area (Å²) in [6.45, 7) is 0. The molecule has 0 aliphatic carbocycles. The van der Waals surface area contributed by atoms with Crippen LogP contribution in [-0.2, 0) is 9.53 Å². The molecule has 0 amide bonds. The van der Waals surface area contributed by atoms with Gasteiger partial charge in [-0.2, -0.15) is 0 Å². The Kier molecular flexibility index (Phi) is 5.36. The number of hydrogen-bond donors (Lipinski definition) is 1. The van der Waals surface area contributed by atoms with Crippen molar-refractivity contribution in [1.29, 1.82) is 0 Å². The summed E-state index contributed by atoms with van der Waals surface area (Å²) >= 11 is 0. The van der Waals surface area contributed by atoms with Crippen LogP contribution in [0.25, 0.3) is 0 Å². The van der Waals surface area contributed by atoms with E-state index in [1.165, 1.54) is 7.11 Å². The SMILES string of the molecule is COC(=O)CCC(N)CC(=O)c1ccccc1. The van der Waals surface area contributed by atoms with E-state index in [9.17, 15) is 9.59 Å².